The van der Waals surface area contributed by atoms with Gasteiger partial charge >= 0.3 is 0 Å². The van der Waals surface area contributed by atoms with Crippen LogP contribution in [0, 0.1) is 6.92 Å². The van der Waals surface area contributed by atoms with Crippen LogP contribution in [0.4, 0.5) is 0 Å². The lowest BCUT2D eigenvalue weighted by atomic mass is 10.2. The highest BCUT2D eigenvalue weighted by molar-refractivity contribution is 7.14. The molecular weight excluding hydrogens is 263 g/mol. The summed E-state index contributed by atoms with van der Waals surface area (Å²) < 4.78 is 0. The second kappa shape index (κ2) is 5.13. The van der Waals surface area contributed by atoms with E-state index in [1.54, 1.807) is 0 Å². The van der Waals surface area contributed by atoms with E-state index in [1.165, 1.54) is 11.3 Å². The number of alkyl halides is 1. The largest absolute Gasteiger partial charge is 0.149 e. The first-order chi connectivity index (χ1) is 7.70. The smallest absolute Gasteiger partial charge is 0.143 e. The van der Waals surface area contributed by atoms with Gasteiger partial charge in [0, 0.05) is 17.9 Å². The van der Waals surface area contributed by atoms with E-state index in [0.717, 1.165) is 27.6 Å². The monoisotopic (exact) mass is 272 g/mol. The molecule has 84 valence electrons. The van der Waals surface area contributed by atoms with E-state index in [4.69, 9.17) is 23.2 Å². The summed E-state index contributed by atoms with van der Waals surface area (Å²) in [4.78, 5) is 0. The van der Waals surface area contributed by atoms with Crippen molar-refractivity contribution in [3.8, 4) is 10.6 Å². The molecule has 0 aliphatic rings. The molecule has 0 aliphatic carbocycles. The summed E-state index contributed by atoms with van der Waals surface area (Å²) in [6.45, 7) is 2.01. The van der Waals surface area contributed by atoms with Crippen molar-refractivity contribution in [3.05, 3.63) is 33.8 Å². The van der Waals surface area contributed by atoms with Gasteiger partial charge in [-0.1, -0.05) is 35.1 Å². The summed E-state index contributed by atoms with van der Waals surface area (Å²) in [7, 11) is 0. The quantitative estimate of drug-likeness (QED) is 0.791. The van der Waals surface area contributed by atoms with E-state index < -0.39 is 0 Å². The fourth-order valence-corrected chi connectivity index (χ4v) is 2.89. The number of halogens is 2. The molecule has 0 spiro atoms. The predicted molar refractivity (Wildman–Crippen MR) is 69.5 cm³/mol. The number of nitrogens with zero attached hydrogens (tertiary/aromatic N) is 2. The molecule has 0 unspecified atom stereocenters. The fourth-order valence-electron chi connectivity index (χ4n) is 1.34. The van der Waals surface area contributed by atoms with Crippen molar-refractivity contribution in [2.24, 2.45) is 0 Å². The number of aryl methyl sites for hydroxylation is 2. The van der Waals surface area contributed by atoms with E-state index in [-0.39, 0.29) is 0 Å². The zero-order chi connectivity index (χ0) is 11.5. The molecule has 0 N–H and O–H groups in total. The van der Waals surface area contributed by atoms with Crippen molar-refractivity contribution >= 4 is 34.5 Å². The summed E-state index contributed by atoms with van der Waals surface area (Å²) >= 11 is 13.4. The third-order valence-electron chi connectivity index (χ3n) is 2.13. The minimum Gasteiger partial charge on any atom is -0.143 e. The van der Waals surface area contributed by atoms with Crippen LogP contribution in [0.15, 0.2) is 18.2 Å². The third-order valence-corrected chi connectivity index (χ3v) is 3.65. The van der Waals surface area contributed by atoms with Crippen molar-refractivity contribution in [3.63, 3.8) is 0 Å². The number of benzene rings is 1. The number of hydrogen-bond donors (Lipinski definition) is 0. The molecule has 0 fully saturated rings. The summed E-state index contributed by atoms with van der Waals surface area (Å²) in [5, 5.41) is 10.7. The Kier molecular flexibility index (Phi) is 3.79. The Morgan fingerprint density at radius 1 is 1.31 bits per heavy atom. The van der Waals surface area contributed by atoms with Gasteiger partial charge in [0.25, 0.3) is 0 Å². The maximum absolute atomic E-state index is 6.16. The van der Waals surface area contributed by atoms with Gasteiger partial charge in [0.15, 0.2) is 0 Å². The van der Waals surface area contributed by atoms with Crippen LogP contribution in [0.3, 0.4) is 0 Å². The van der Waals surface area contributed by atoms with Crippen LogP contribution in [0.25, 0.3) is 10.6 Å². The van der Waals surface area contributed by atoms with E-state index in [9.17, 15) is 0 Å². The topological polar surface area (TPSA) is 25.8 Å². The van der Waals surface area contributed by atoms with Gasteiger partial charge in [-0.05, 0) is 18.6 Å². The molecule has 0 saturated carbocycles. The minimum absolute atomic E-state index is 0.566. The van der Waals surface area contributed by atoms with Gasteiger partial charge in [0.2, 0.25) is 0 Å². The molecule has 5 heteroatoms. The van der Waals surface area contributed by atoms with Crippen LogP contribution in [-0.4, -0.2) is 16.1 Å². The molecule has 0 radical (unpaired) electrons. The Morgan fingerprint density at radius 3 is 2.81 bits per heavy atom. The normalized spacial score (nSPS) is 10.7. The van der Waals surface area contributed by atoms with Crippen molar-refractivity contribution in [1.82, 2.24) is 10.2 Å². The van der Waals surface area contributed by atoms with Crippen LogP contribution in [0.2, 0.25) is 5.02 Å². The van der Waals surface area contributed by atoms with E-state index in [0.29, 0.717) is 10.9 Å². The first-order valence-electron chi connectivity index (χ1n) is 4.85. The Bertz CT molecular complexity index is 496. The Morgan fingerprint density at radius 2 is 2.12 bits per heavy atom. The highest BCUT2D eigenvalue weighted by Crippen LogP contribution is 2.30. The fraction of sp³-hybridized carbons (Fsp3) is 0.273. The van der Waals surface area contributed by atoms with Crippen LogP contribution in [0.5, 0.6) is 0 Å². The van der Waals surface area contributed by atoms with E-state index >= 15 is 0 Å². The van der Waals surface area contributed by atoms with Gasteiger partial charge in [0.05, 0.1) is 5.02 Å². The molecule has 2 nitrogen and oxygen atoms in total. The van der Waals surface area contributed by atoms with Crippen LogP contribution in [-0.2, 0) is 6.42 Å². The molecule has 0 atom stereocenters. The number of hydrogen-bond acceptors (Lipinski definition) is 3. The standard InChI is InChI=1S/C11H10Cl2N2S/c1-7-2-3-8(9(13)6-7)11-15-14-10(16-11)4-5-12/h2-3,6H,4-5H2,1H3. The number of aromatic nitrogens is 2. The molecule has 2 aromatic rings. The lowest BCUT2D eigenvalue weighted by molar-refractivity contribution is 0.990. The van der Waals surface area contributed by atoms with Gasteiger partial charge in [0.1, 0.15) is 10.0 Å². The van der Waals surface area contributed by atoms with Crippen LogP contribution in [0.1, 0.15) is 10.6 Å². The number of rotatable bonds is 3. The van der Waals surface area contributed by atoms with Gasteiger partial charge in [-0.25, -0.2) is 0 Å². The molecule has 2 rings (SSSR count). The second-order valence-corrected chi connectivity index (χ2v) is 5.27. The molecule has 16 heavy (non-hydrogen) atoms. The Labute approximate surface area is 108 Å². The Hall–Kier alpha value is -0.640. The lowest BCUT2D eigenvalue weighted by Gasteiger charge is -2.00. The molecule has 1 heterocycles. The van der Waals surface area contributed by atoms with Gasteiger partial charge in [-0.15, -0.1) is 21.8 Å². The van der Waals surface area contributed by atoms with Crippen LogP contribution >= 0.6 is 34.5 Å². The van der Waals surface area contributed by atoms with Crippen molar-refractivity contribution in [2.45, 2.75) is 13.3 Å². The second-order valence-electron chi connectivity index (χ2n) is 3.42. The molecule has 0 saturated heterocycles. The molecule has 0 bridgehead atoms. The molecule has 0 aliphatic heterocycles. The zero-order valence-corrected chi connectivity index (χ0v) is 11.0. The van der Waals surface area contributed by atoms with Gasteiger partial charge in [-0.2, -0.15) is 0 Å². The first kappa shape index (κ1) is 11.8. The summed E-state index contributed by atoms with van der Waals surface area (Å²) in [5.74, 6) is 0.566. The molecule has 1 aromatic carbocycles. The Balaban J connectivity index is 2.35. The highest BCUT2D eigenvalue weighted by Gasteiger charge is 2.09. The highest BCUT2D eigenvalue weighted by atomic mass is 35.5. The van der Waals surface area contributed by atoms with E-state index in [2.05, 4.69) is 10.2 Å². The average molecular weight is 273 g/mol. The first-order valence-corrected chi connectivity index (χ1v) is 6.58. The maximum atomic E-state index is 6.16. The van der Waals surface area contributed by atoms with Gasteiger partial charge < -0.3 is 0 Å². The average Bonchev–Trinajstić information content (AvgIpc) is 2.67. The predicted octanol–water partition coefficient (Wildman–Crippen LogP) is 3.95. The maximum Gasteiger partial charge on any atom is 0.149 e. The molecule has 1 aromatic heterocycles. The lowest BCUT2D eigenvalue weighted by Crippen LogP contribution is -1.83. The minimum atomic E-state index is 0.566. The van der Waals surface area contributed by atoms with E-state index in [1.807, 2.05) is 25.1 Å². The summed E-state index contributed by atoms with van der Waals surface area (Å²) in [6, 6.07) is 5.92. The summed E-state index contributed by atoms with van der Waals surface area (Å²) in [6.07, 6.45) is 0.753. The van der Waals surface area contributed by atoms with Gasteiger partial charge in [-0.3, -0.25) is 0 Å². The molecule has 0 amide bonds. The van der Waals surface area contributed by atoms with Crippen LogP contribution < -0.4 is 0 Å². The van der Waals surface area contributed by atoms with Crippen molar-refractivity contribution < 1.29 is 0 Å². The van der Waals surface area contributed by atoms with Crippen molar-refractivity contribution in [2.75, 3.05) is 5.88 Å². The molecular formula is C11H10Cl2N2S. The van der Waals surface area contributed by atoms with Crippen molar-refractivity contribution in [1.29, 1.82) is 0 Å². The zero-order valence-electron chi connectivity index (χ0n) is 8.70. The summed E-state index contributed by atoms with van der Waals surface area (Å²) in [5.41, 5.74) is 2.07. The third kappa shape index (κ3) is 2.54. The SMILES string of the molecule is Cc1ccc(-c2nnc(CCCl)s2)c(Cl)c1.